The van der Waals surface area contributed by atoms with E-state index in [-0.39, 0.29) is 18.3 Å². The van der Waals surface area contributed by atoms with Crippen molar-refractivity contribution in [2.75, 3.05) is 0 Å². The molecule has 0 aromatic carbocycles. The van der Waals surface area contributed by atoms with Crippen LogP contribution in [0.15, 0.2) is 0 Å². The van der Waals surface area contributed by atoms with Crippen LogP contribution in [-0.4, -0.2) is 5.92 Å². The molecule has 0 N–H and O–H groups in total. The van der Waals surface area contributed by atoms with Gasteiger partial charge in [-0.2, -0.15) is 0 Å². The smallest absolute Gasteiger partial charge is 0.207 e. The highest BCUT2D eigenvalue weighted by molar-refractivity contribution is 5.00. The van der Waals surface area contributed by atoms with Crippen molar-refractivity contribution in [1.82, 2.24) is 0 Å². The van der Waals surface area contributed by atoms with E-state index in [0.717, 1.165) is 18.8 Å². The summed E-state index contributed by atoms with van der Waals surface area (Å²) in [5.41, 5.74) is 0.0632. The summed E-state index contributed by atoms with van der Waals surface area (Å²) in [6.45, 7) is 2.21. The highest BCUT2D eigenvalue weighted by Crippen LogP contribution is 2.59. The van der Waals surface area contributed by atoms with Crippen LogP contribution in [0.2, 0.25) is 0 Å². The molecule has 2 heteroatoms. The average molecular weight is 202 g/mol. The van der Waals surface area contributed by atoms with Crippen molar-refractivity contribution in [3.63, 3.8) is 0 Å². The van der Waals surface area contributed by atoms with Crippen LogP contribution < -0.4 is 0 Å². The predicted molar refractivity (Wildman–Crippen MR) is 53.5 cm³/mol. The Kier molecular flexibility index (Phi) is 2.57. The first-order valence-electron chi connectivity index (χ1n) is 5.93. The van der Waals surface area contributed by atoms with Crippen molar-refractivity contribution in [1.29, 1.82) is 0 Å². The summed E-state index contributed by atoms with van der Waals surface area (Å²) in [5.74, 6) is -1.49. The second-order valence-electron chi connectivity index (χ2n) is 5.44. The van der Waals surface area contributed by atoms with Gasteiger partial charge in [0, 0.05) is 12.8 Å². The van der Waals surface area contributed by atoms with Gasteiger partial charge in [0.15, 0.2) is 0 Å². The predicted octanol–water partition coefficient (Wildman–Crippen LogP) is 4.39. The summed E-state index contributed by atoms with van der Waals surface area (Å²) in [5, 5.41) is 0. The maximum atomic E-state index is 12.8. The molecule has 0 saturated heterocycles. The topological polar surface area (TPSA) is 0 Å². The van der Waals surface area contributed by atoms with E-state index < -0.39 is 5.92 Å². The molecule has 1 spiro atoms. The van der Waals surface area contributed by atoms with Crippen molar-refractivity contribution in [2.45, 2.75) is 64.2 Å². The van der Waals surface area contributed by atoms with Gasteiger partial charge in [0.2, 0.25) is 5.92 Å². The van der Waals surface area contributed by atoms with E-state index >= 15 is 0 Å². The molecule has 2 rings (SSSR count). The number of hydrogen-bond donors (Lipinski definition) is 0. The van der Waals surface area contributed by atoms with Gasteiger partial charge in [0.05, 0.1) is 0 Å². The molecular formula is C12H20F2. The van der Waals surface area contributed by atoms with Gasteiger partial charge in [-0.25, -0.2) is 8.78 Å². The van der Waals surface area contributed by atoms with E-state index in [9.17, 15) is 8.78 Å². The first kappa shape index (κ1) is 10.4. The second kappa shape index (κ2) is 3.46. The van der Waals surface area contributed by atoms with Gasteiger partial charge in [-0.05, 0) is 37.0 Å². The zero-order chi connectivity index (χ0) is 10.2. The van der Waals surface area contributed by atoms with Gasteiger partial charge < -0.3 is 0 Å². The molecule has 0 radical (unpaired) electrons. The van der Waals surface area contributed by atoms with Crippen molar-refractivity contribution in [2.24, 2.45) is 11.3 Å². The van der Waals surface area contributed by atoms with Crippen LogP contribution in [0.4, 0.5) is 8.78 Å². The van der Waals surface area contributed by atoms with Crippen molar-refractivity contribution in [3.05, 3.63) is 0 Å². The van der Waals surface area contributed by atoms with E-state index in [1.54, 1.807) is 0 Å². The minimum absolute atomic E-state index is 0.0632. The normalized spacial score (nSPS) is 30.2. The molecule has 14 heavy (non-hydrogen) atoms. The quantitative estimate of drug-likeness (QED) is 0.623. The molecule has 0 bridgehead atoms. The lowest BCUT2D eigenvalue weighted by Crippen LogP contribution is -2.47. The Labute approximate surface area is 85.1 Å². The SMILES string of the molecule is CCCC1CCC2(CC1)CC(F)(F)C2. The third-order valence-corrected chi connectivity index (χ3v) is 4.13. The molecule has 82 valence electrons. The fraction of sp³-hybridized carbons (Fsp3) is 1.00. The molecule has 0 heterocycles. The average Bonchev–Trinajstić information content (AvgIpc) is 2.06. The third-order valence-electron chi connectivity index (χ3n) is 4.13. The molecule has 0 aliphatic heterocycles. The molecule has 0 aromatic rings. The van der Waals surface area contributed by atoms with Gasteiger partial charge in [0.25, 0.3) is 0 Å². The zero-order valence-corrected chi connectivity index (χ0v) is 8.99. The molecule has 2 saturated carbocycles. The molecule has 0 nitrogen and oxygen atoms in total. The van der Waals surface area contributed by atoms with Gasteiger partial charge in [-0.1, -0.05) is 19.8 Å². The van der Waals surface area contributed by atoms with Gasteiger partial charge in [0.1, 0.15) is 0 Å². The fourth-order valence-corrected chi connectivity index (χ4v) is 3.39. The van der Waals surface area contributed by atoms with Crippen molar-refractivity contribution < 1.29 is 8.78 Å². The summed E-state index contributed by atoms with van der Waals surface area (Å²) >= 11 is 0. The van der Waals surface area contributed by atoms with Crippen LogP contribution in [-0.2, 0) is 0 Å². The number of hydrogen-bond acceptors (Lipinski definition) is 0. The van der Waals surface area contributed by atoms with Crippen molar-refractivity contribution in [3.8, 4) is 0 Å². The van der Waals surface area contributed by atoms with E-state index in [2.05, 4.69) is 6.92 Å². The fourth-order valence-electron chi connectivity index (χ4n) is 3.39. The van der Waals surface area contributed by atoms with Crippen LogP contribution in [0, 0.1) is 11.3 Å². The Bertz CT molecular complexity index is 192. The molecule has 2 fully saturated rings. The summed E-state index contributed by atoms with van der Waals surface area (Å²) in [4.78, 5) is 0. The van der Waals surface area contributed by atoms with E-state index in [1.807, 2.05) is 0 Å². The molecule has 2 aliphatic rings. The number of halogens is 2. The van der Waals surface area contributed by atoms with Crippen molar-refractivity contribution >= 4 is 0 Å². The minimum atomic E-state index is -2.32. The molecule has 0 aromatic heterocycles. The Balaban J connectivity index is 1.80. The third kappa shape index (κ3) is 1.94. The lowest BCUT2D eigenvalue weighted by atomic mass is 9.57. The van der Waals surface area contributed by atoms with E-state index in [4.69, 9.17) is 0 Å². The molecule has 0 atom stereocenters. The molecule has 2 aliphatic carbocycles. The van der Waals surface area contributed by atoms with E-state index in [1.165, 1.54) is 25.7 Å². The minimum Gasteiger partial charge on any atom is -0.207 e. The zero-order valence-electron chi connectivity index (χ0n) is 8.99. The molecule has 0 unspecified atom stereocenters. The standard InChI is InChI=1S/C12H20F2/c1-2-3-10-4-6-11(7-5-10)8-12(13,14)9-11/h10H,2-9H2,1H3. The molecular weight excluding hydrogens is 182 g/mol. The largest absolute Gasteiger partial charge is 0.249 e. The summed E-state index contributed by atoms with van der Waals surface area (Å²) in [7, 11) is 0. The van der Waals surface area contributed by atoms with Crippen LogP contribution in [0.5, 0.6) is 0 Å². The monoisotopic (exact) mass is 202 g/mol. The Hall–Kier alpha value is -0.140. The van der Waals surface area contributed by atoms with Crippen LogP contribution in [0.3, 0.4) is 0 Å². The first-order valence-corrected chi connectivity index (χ1v) is 5.93. The maximum absolute atomic E-state index is 12.8. The second-order valence-corrected chi connectivity index (χ2v) is 5.44. The number of alkyl halides is 2. The van der Waals surface area contributed by atoms with Gasteiger partial charge >= 0.3 is 0 Å². The Morgan fingerprint density at radius 3 is 2.14 bits per heavy atom. The van der Waals surface area contributed by atoms with Gasteiger partial charge in [-0.3, -0.25) is 0 Å². The Morgan fingerprint density at radius 2 is 1.71 bits per heavy atom. The maximum Gasteiger partial charge on any atom is 0.249 e. The summed E-state index contributed by atoms with van der Waals surface area (Å²) in [6, 6.07) is 0. The summed E-state index contributed by atoms with van der Waals surface area (Å²) in [6.07, 6.45) is 7.42. The van der Waals surface area contributed by atoms with Crippen LogP contribution >= 0.6 is 0 Å². The first-order chi connectivity index (χ1) is 6.55. The van der Waals surface area contributed by atoms with Gasteiger partial charge in [-0.15, -0.1) is 0 Å². The molecule has 0 amide bonds. The number of rotatable bonds is 2. The summed E-state index contributed by atoms with van der Waals surface area (Å²) < 4.78 is 25.6. The highest BCUT2D eigenvalue weighted by Gasteiger charge is 2.56. The van der Waals surface area contributed by atoms with Crippen LogP contribution in [0.25, 0.3) is 0 Å². The Morgan fingerprint density at radius 1 is 1.14 bits per heavy atom. The highest BCUT2D eigenvalue weighted by atomic mass is 19.3. The van der Waals surface area contributed by atoms with Crippen LogP contribution in [0.1, 0.15) is 58.3 Å². The lowest BCUT2D eigenvalue weighted by molar-refractivity contribution is -0.176. The van der Waals surface area contributed by atoms with E-state index in [0.29, 0.717) is 0 Å². The lowest BCUT2D eigenvalue weighted by Gasteiger charge is -2.51.